The number of aromatic nitrogens is 3. The van der Waals surface area contributed by atoms with E-state index in [9.17, 15) is 0 Å². The molecule has 2 N–H and O–H groups in total. The van der Waals surface area contributed by atoms with E-state index in [2.05, 4.69) is 23.5 Å². The minimum atomic E-state index is 0.676. The maximum atomic E-state index is 6.12. The second-order valence-corrected chi connectivity index (χ2v) is 3.76. The summed E-state index contributed by atoms with van der Waals surface area (Å²) in [6.07, 6.45) is 6.18. The summed E-state index contributed by atoms with van der Waals surface area (Å²) < 4.78 is 1.98. The lowest BCUT2D eigenvalue weighted by atomic mass is 10.2. The number of nitrogens with two attached hydrogens (primary N) is 1. The van der Waals surface area contributed by atoms with Crippen molar-refractivity contribution in [2.24, 2.45) is 0 Å². The van der Waals surface area contributed by atoms with E-state index in [1.807, 2.05) is 22.8 Å². The van der Waals surface area contributed by atoms with Crippen LogP contribution < -0.4 is 5.73 Å². The van der Waals surface area contributed by atoms with Crippen molar-refractivity contribution in [2.45, 2.75) is 19.9 Å². The smallest absolute Gasteiger partial charge is 0.132 e. The van der Waals surface area contributed by atoms with Gasteiger partial charge in [0.2, 0.25) is 0 Å². The second-order valence-electron chi connectivity index (χ2n) is 3.76. The van der Waals surface area contributed by atoms with Gasteiger partial charge in [-0.05, 0) is 12.1 Å². The molecule has 0 spiro atoms. The Labute approximate surface area is 101 Å². The lowest BCUT2D eigenvalue weighted by molar-refractivity contribution is 0.757. The van der Waals surface area contributed by atoms with Crippen LogP contribution in [-0.4, -0.2) is 14.5 Å². The summed E-state index contributed by atoms with van der Waals surface area (Å²) in [4.78, 5) is 8.66. The minimum absolute atomic E-state index is 0.676. The third kappa shape index (κ3) is 2.06. The Morgan fingerprint density at radius 1 is 1.53 bits per heavy atom. The molecule has 0 amide bonds. The largest absolute Gasteiger partial charge is 0.383 e. The number of aryl methyl sites for hydroxylation is 1. The highest BCUT2D eigenvalue weighted by atomic mass is 15.1. The Balaban J connectivity index is 2.53. The van der Waals surface area contributed by atoms with Crippen LogP contribution in [0.4, 0.5) is 5.82 Å². The van der Waals surface area contributed by atoms with Crippen LogP contribution in [0.25, 0.3) is 11.3 Å². The van der Waals surface area contributed by atoms with Gasteiger partial charge in [0.15, 0.2) is 0 Å². The Morgan fingerprint density at radius 2 is 2.35 bits per heavy atom. The van der Waals surface area contributed by atoms with Crippen molar-refractivity contribution < 1.29 is 0 Å². The molecule has 17 heavy (non-hydrogen) atoms. The van der Waals surface area contributed by atoms with Crippen molar-refractivity contribution in [3.8, 4) is 11.3 Å². The quantitative estimate of drug-likeness (QED) is 0.817. The van der Waals surface area contributed by atoms with Gasteiger partial charge in [-0.3, -0.25) is 4.98 Å². The van der Waals surface area contributed by atoms with Crippen LogP contribution in [0.3, 0.4) is 0 Å². The number of allylic oxidation sites excluding steroid dienone is 1. The van der Waals surface area contributed by atoms with Crippen molar-refractivity contribution in [3.63, 3.8) is 0 Å². The number of hydrogen-bond acceptors (Lipinski definition) is 3. The lowest BCUT2D eigenvalue weighted by Gasteiger charge is -2.04. The minimum Gasteiger partial charge on any atom is -0.383 e. The molecule has 0 aliphatic heterocycles. The summed E-state index contributed by atoms with van der Waals surface area (Å²) in [7, 11) is 0. The van der Waals surface area contributed by atoms with Gasteiger partial charge in [-0.2, -0.15) is 0 Å². The standard InChI is InChI=1S/C13H16N4/c1-3-8-17-11(4-2)16-12(13(17)14)10-6-5-7-15-9-10/h3,5-7,9H,1,4,8,14H2,2H3. The molecule has 0 aromatic carbocycles. The summed E-state index contributed by atoms with van der Waals surface area (Å²) >= 11 is 0. The van der Waals surface area contributed by atoms with Gasteiger partial charge in [-0.15, -0.1) is 6.58 Å². The van der Waals surface area contributed by atoms with E-state index in [1.165, 1.54) is 0 Å². The fourth-order valence-corrected chi connectivity index (χ4v) is 1.83. The highest BCUT2D eigenvalue weighted by molar-refractivity contribution is 5.70. The molecular formula is C13H16N4. The van der Waals surface area contributed by atoms with Gasteiger partial charge in [0.05, 0.1) is 0 Å². The van der Waals surface area contributed by atoms with Crippen molar-refractivity contribution in [1.82, 2.24) is 14.5 Å². The number of anilines is 1. The van der Waals surface area contributed by atoms with Crippen molar-refractivity contribution in [2.75, 3.05) is 5.73 Å². The highest BCUT2D eigenvalue weighted by Crippen LogP contribution is 2.25. The maximum Gasteiger partial charge on any atom is 0.132 e. The van der Waals surface area contributed by atoms with Gasteiger partial charge in [-0.25, -0.2) is 4.98 Å². The molecular weight excluding hydrogens is 212 g/mol. The number of pyridine rings is 1. The first kappa shape index (κ1) is 11.4. The summed E-state index contributed by atoms with van der Waals surface area (Å²) in [6, 6.07) is 3.84. The number of rotatable bonds is 4. The molecule has 0 saturated heterocycles. The molecule has 0 aliphatic rings. The van der Waals surface area contributed by atoms with Crippen LogP contribution in [-0.2, 0) is 13.0 Å². The summed E-state index contributed by atoms with van der Waals surface area (Å²) in [6.45, 7) is 6.48. The van der Waals surface area contributed by atoms with E-state index in [-0.39, 0.29) is 0 Å². The monoisotopic (exact) mass is 228 g/mol. The number of hydrogen-bond donors (Lipinski definition) is 1. The molecule has 0 fully saturated rings. The van der Waals surface area contributed by atoms with Crippen LogP contribution in [0.2, 0.25) is 0 Å². The van der Waals surface area contributed by atoms with E-state index in [4.69, 9.17) is 5.73 Å². The number of nitrogen functional groups attached to an aromatic ring is 1. The fraction of sp³-hybridized carbons (Fsp3) is 0.231. The van der Waals surface area contributed by atoms with Crippen LogP contribution >= 0.6 is 0 Å². The molecule has 4 heteroatoms. The van der Waals surface area contributed by atoms with E-state index in [1.54, 1.807) is 12.4 Å². The molecule has 2 rings (SSSR count). The normalized spacial score (nSPS) is 10.4. The second kappa shape index (κ2) is 4.82. The van der Waals surface area contributed by atoms with Crippen molar-refractivity contribution in [1.29, 1.82) is 0 Å². The predicted molar refractivity (Wildman–Crippen MR) is 69.4 cm³/mol. The highest BCUT2D eigenvalue weighted by Gasteiger charge is 2.13. The Bertz CT molecular complexity index is 514. The van der Waals surface area contributed by atoms with E-state index in [0.29, 0.717) is 12.4 Å². The third-order valence-corrected chi connectivity index (χ3v) is 2.65. The SMILES string of the molecule is C=CCn1c(CC)nc(-c2cccnc2)c1N. The summed E-state index contributed by atoms with van der Waals surface area (Å²) in [5, 5.41) is 0. The van der Waals surface area contributed by atoms with Gasteiger partial charge in [0, 0.05) is 30.9 Å². The Kier molecular flexibility index (Phi) is 3.23. The zero-order valence-corrected chi connectivity index (χ0v) is 9.93. The molecule has 4 nitrogen and oxygen atoms in total. The maximum absolute atomic E-state index is 6.12. The molecule has 0 unspecified atom stereocenters. The van der Waals surface area contributed by atoms with Crippen molar-refractivity contribution in [3.05, 3.63) is 43.0 Å². The summed E-state index contributed by atoms with van der Waals surface area (Å²) in [5.74, 6) is 1.65. The van der Waals surface area contributed by atoms with Crippen LogP contribution in [0.15, 0.2) is 37.2 Å². The first-order valence-corrected chi connectivity index (χ1v) is 5.64. The van der Waals surface area contributed by atoms with Gasteiger partial charge in [0.25, 0.3) is 0 Å². The van der Waals surface area contributed by atoms with Crippen LogP contribution in [0.1, 0.15) is 12.7 Å². The van der Waals surface area contributed by atoms with E-state index in [0.717, 1.165) is 23.5 Å². The molecule has 0 bridgehead atoms. The molecule has 2 aromatic heterocycles. The number of nitrogens with zero attached hydrogens (tertiary/aromatic N) is 3. The van der Waals surface area contributed by atoms with Gasteiger partial charge >= 0.3 is 0 Å². The zero-order valence-electron chi connectivity index (χ0n) is 9.93. The topological polar surface area (TPSA) is 56.7 Å². The fourth-order valence-electron chi connectivity index (χ4n) is 1.83. The molecule has 0 atom stereocenters. The van der Waals surface area contributed by atoms with E-state index < -0.39 is 0 Å². The average Bonchev–Trinajstić information content (AvgIpc) is 2.69. The van der Waals surface area contributed by atoms with Crippen LogP contribution in [0.5, 0.6) is 0 Å². The number of imidazole rings is 1. The van der Waals surface area contributed by atoms with Gasteiger partial charge < -0.3 is 10.3 Å². The molecule has 2 aromatic rings. The Morgan fingerprint density at radius 3 is 2.94 bits per heavy atom. The van der Waals surface area contributed by atoms with Gasteiger partial charge in [-0.1, -0.05) is 13.0 Å². The molecule has 2 heterocycles. The molecule has 0 saturated carbocycles. The zero-order chi connectivity index (χ0) is 12.3. The predicted octanol–water partition coefficient (Wildman–Crippen LogP) is 2.28. The first-order valence-electron chi connectivity index (χ1n) is 5.64. The average molecular weight is 228 g/mol. The first-order chi connectivity index (χ1) is 8.27. The van der Waals surface area contributed by atoms with E-state index >= 15 is 0 Å². The lowest BCUT2D eigenvalue weighted by Crippen LogP contribution is -2.05. The Hall–Kier alpha value is -2.10. The summed E-state index contributed by atoms with van der Waals surface area (Å²) in [5.41, 5.74) is 7.87. The molecule has 0 radical (unpaired) electrons. The molecule has 88 valence electrons. The van der Waals surface area contributed by atoms with Crippen LogP contribution in [0, 0.1) is 0 Å². The molecule has 0 aliphatic carbocycles. The third-order valence-electron chi connectivity index (χ3n) is 2.65. The van der Waals surface area contributed by atoms with Crippen molar-refractivity contribution >= 4 is 5.82 Å². The van der Waals surface area contributed by atoms with Gasteiger partial charge in [0.1, 0.15) is 17.3 Å².